The maximum atomic E-state index is 2.20. The van der Waals surface area contributed by atoms with E-state index in [-0.39, 0.29) is 51.0 Å². The summed E-state index contributed by atoms with van der Waals surface area (Å²) >= 11 is 0. The molecule has 0 aliphatic heterocycles. The van der Waals surface area contributed by atoms with Crippen LogP contribution in [-0.2, 0) is 32.6 Å². The van der Waals surface area contributed by atoms with Gasteiger partial charge in [-0.2, -0.15) is 35.4 Å². The van der Waals surface area contributed by atoms with Crippen LogP contribution in [0.4, 0.5) is 0 Å². The van der Waals surface area contributed by atoms with Crippen molar-refractivity contribution in [3.8, 4) is 0 Å². The zero-order valence-electron chi connectivity index (χ0n) is 11.2. The molecule has 0 unspecified atom stereocenters. The van der Waals surface area contributed by atoms with E-state index in [2.05, 4.69) is 63.2 Å². The number of hydrogen-bond acceptors (Lipinski definition) is 0. The molecule has 2 rings (SSSR count). The number of hydrogen-bond donors (Lipinski definition) is 0. The van der Waals surface area contributed by atoms with Gasteiger partial charge in [-0.05, 0) is 0 Å². The molecule has 18 heavy (non-hydrogen) atoms. The van der Waals surface area contributed by atoms with E-state index in [0.717, 1.165) is 0 Å². The average molecular weight is 362 g/mol. The van der Waals surface area contributed by atoms with Crippen LogP contribution in [-0.4, -0.2) is 0 Å². The molecule has 0 heterocycles. The van der Waals surface area contributed by atoms with Crippen LogP contribution in [0.1, 0.15) is 30.0 Å². The molecule has 2 aromatic carbocycles. The summed E-state index contributed by atoms with van der Waals surface area (Å²) in [7, 11) is 0. The van der Waals surface area contributed by atoms with Crippen LogP contribution in [0.2, 0.25) is 0 Å². The minimum absolute atomic E-state index is 0. The fraction of sp³-hybridized carbons (Fsp3) is 0.333. The minimum atomic E-state index is 0. The van der Waals surface area contributed by atoms with Gasteiger partial charge in [-0.1, -0.05) is 33.6 Å². The normalized spacial score (nSPS) is 7.94. The Morgan fingerprint density at radius 1 is 1.06 bits per heavy atom. The molecule has 0 N–H and O–H groups in total. The zero-order chi connectivity index (χ0) is 11.1. The predicted molar refractivity (Wildman–Crippen MR) is 67.5 cm³/mol. The van der Waals surface area contributed by atoms with E-state index in [1.54, 1.807) is 0 Å². The Hall–Kier alpha value is 0.163. The first kappa shape index (κ1) is 23.3. The van der Waals surface area contributed by atoms with Crippen LogP contribution in [0.15, 0.2) is 42.5 Å². The summed E-state index contributed by atoms with van der Waals surface area (Å²) in [4.78, 5) is 0. The molecule has 0 amide bonds. The van der Waals surface area contributed by atoms with Crippen molar-refractivity contribution in [3.05, 3.63) is 59.2 Å². The Morgan fingerprint density at radius 3 is 1.89 bits per heavy atom. The van der Waals surface area contributed by atoms with Crippen molar-refractivity contribution in [1.29, 1.82) is 0 Å². The van der Waals surface area contributed by atoms with Gasteiger partial charge in [-0.25, -0.2) is 23.8 Å². The first-order chi connectivity index (χ1) is 7.22. The van der Waals surface area contributed by atoms with E-state index in [9.17, 15) is 0 Å². The molecule has 0 saturated heterocycles. The van der Waals surface area contributed by atoms with Crippen LogP contribution in [0.3, 0.4) is 0 Å². The van der Waals surface area contributed by atoms with Gasteiger partial charge < -0.3 is 24.8 Å². The Bertz CT molecular complexity index is 347. The summed E-state index contributed by atoms with van der Waals surface area (Å²) in [5, 5.41) is 0. The summed E-state index contributed by atoms with van der Waals surface area (Å²) in [6.07, 6.45) is 2.48. The van der Waals surface area contributed by atoms with Gasteiger partial charge in [-0.3, -0.25) is 0 Å². The van der Waals surface area contributed by atoms with Crippen LogP contribution in [0.5, 0.6) is 0 Å². The van der Waals surface area contributed by atoms with Crippen LogP contribution < -0.4 is 24.8 Å². The molecule has 0 aliphatic carbocycles. The van der Waals surface area contributed by atoms with Gasteiger partial charge in [-0.15, -0.1) is 0 Å². The van der Waals surface area contributed by atoms with E-state index in [4.69, 9.17) is 0 Å². The van der Waals surface area contributed by atoms with Gasteiger partial charge >= 0.3 is 26.2 Å². The fourth-order valence-corrected chi connectivity index (χ4v) is 1.59. The van der Waals surface area contributed by atoms with Crippen molar-refractivity contribution >= 4 is 0 Å². The van der Waals surface area contributed by atoms with Crippen molar-refractivity contribution < 1.29 is 51.0 Å². The zero-order valence-corrected chi connectivity index (χ0v) is 15.2. The maximum absolute atomic E-state index is 2.20. The van der Waals surface area contributed by atoms with E-state index >= 15 is 0 Å². The molecular formula is C15H20Cl2Zr. The predicted octanol–water partition coefficient (Wildman–Crippen LogP) is -1.61. The van der Waals surface area contributed by atoms with Crippen LogP contribution in [0.25, 0.3) is 0 Å². The molecule has 0 fully saturated rings. The molecule has 0 spiro atoms. The molecule has 98 valence electrons. The second-order valence-corrected chi connectivity index (χ2v) is 4.01. The Kier molecular flexibility index (Phi) is 17.6. The van der Waals surface area contributed by atoms with Crippen molar-refractivity contribution in [2.75, 3.05) is 0 Å². The SMILES string of the molecule is CCC[c-]1cccc1.Cc1cc[c-](C)c1.[Cl-].[Cl-].[Zr+4]. The summed E-state index contributed by atoms with van der Waals surface area (Å²) < 4.78 is 0. The van der Waals surface area contributed by atoms with Gasteiger partial charge in [0.05, 0.1) is 0 Å². The summed E-state index contributed by atoms with van der Waals surface area (Å²) in [6, 6.07) is 14.9. The number of rotatable bonds is 2. The van der Waals surface area contributed by atoms with E-state index in [0.29, 0.717) is 0 Å². The number of halogens is 2. The molecule has 0 atom stereocenters. The third kappa shape index (κ3) is 10.1. The summed E-state index contributed by atoms with van der Waals surface area (Å²) in [5.74, 6) is 0. The number of aryl methyl sites for hydroxylation is 3. The fourth-order valence-electron chi connectivity index (χ4n) is 1.59. The quantitative estimate of drug-likeness (QED) is 0.564. The van der Waals surface area contributed by atoms with Gasteiger partial charge in [0.2, 0.25) is 0 Å². The smallest absolute Gasteiger partial charge is 1.00 e. The Morgan fingerprint density at radius 2 is 1.61 bits per heavy atom. The second-order valence-electron chi connectivity index (χ2n) is 4.01. The van der Waals surface area contributed by atoms with Crippen molar-refractivity contribution in [2.45, 2.75) is 33.6 Å². The molecule has 0 aromatic heterocycles. The van der Waals surface area contributed by atoms with Gasteiger partial charge in [0.1, 0.15) is 0 Å². The molecule has 0 aliphatic rings. The third-order valence-electron chi connectivity index (χ3n) is 2.33. The van der Waals surface area contributed by atoms with Crippen molar-refractivity contribution in [3.63, 3.8) is 0 Å². The van der Waals surface area contributed by atoms with Gasteiger partial charge in [0.25, 0.3) is 0 Å². The molecule has 0 nitrogen and oxygen atoms in total. The summed E-state index contributed by atoms with van der Waals surface area (Å²) in [5.41, 5.74) is 4.18. The second kappa shape index (κ2) is 13.6. The van der Waals surface area contributed by atoms with Crippen molar-refractivity contribution in [2.24, 2.45) is 0 Å². The minimum Gasteiger partial charge on any atom is -1.00 e. The van der Waals surface area contributed by atoms with Gasteiger partial charge in [0.15, 0.2) is 0 Å². The summed E-state index contributed by atoms with van der Waals surface area (Å²) in [6.45, 7) is 6.41. The van der Waals surface area contributed by atoms with Gasteiger partial charge in [0, 0.05) is 0 Å². The maximum Gasteiger partial charge on any atom is 4.00 e. The topological polar surface area (TPSA) is 0 Å². The molecule has 0 radical (unpaired) electrons. The Labute approximate surface area is 143 Å². The standard InChI is InChI=1S/C8H11.C7H9.2ClH.Zr/c1-2-5-8-6-3-4-7-8;1-6-3-4-7(2)5-6;;;/h3-4,6-7H,2,5H2,1H3;3-5H,1-2H3;2*1H;/q2*-1;;;+4/p-2. The van der Waals surface area contributed by atoms with Crippen LogP contribution >= 0.6 is 0 Å². The molecular weight excluding hydrogens is 342 g/mol. The first-order valence-corrected chi connectivity index (χ1v) is 5.63. The van der Waals surface area contributed by atoms with Crippen LogP contribution in [0, 0.1) is 13.8 Å². The largest absolute Gasteiger partial charge is 4.00 e. The Balaban J connectivity index is -0.000000215. The van der Waals surface area contributed by atoms with E-state index in [1.807, 2.05) is 0 Å². The first-order valence-electron chi connectivity index (χ1n) is 5.63. The molecule has 2 aromatic rings. The average Bonchev–Trinajstić information content (AvgIpc) is 2.80. The van der Waals surface area contributed by atoms with Crippen molar-refractivity contribution in [1.82, 2.24) is 0 Å². The monoisotopic (exact) mass is 360 g/mol. The molecule has 0 bridgehead atoms. The third-order valence-corrected chi connectivity index (χ3v) is 2.33. The van der Waals surface area contributed by atoms with E-state index < -0.39 is 0 Å². The molecule has 0 saturated carbocycles. The molecule has 3 heteroatoms. The van der Waals surface area contributed by atoms with E-state index in [1.165, 1.54) is 29.5 Å².